The van der Waals surface area contributed by atoms with Gasteiger partial charge >= 0.3 is 13.7 Å². The van der Waals surface area contributed by atoms with Gasteiger partial charge in [0.2, 0.25) is 11.4 Å². The fourth-order valence-corrected chi connectivity index (χ4v) is 5.09. The van der Waals surface area contributed by atoms with Crippen molar-refractivity contribution in [2.75, 3.05) is 6.16 Å². The first-order chi connectivity index (χ1) is 15.1. The lowest BCUT2D eigenvalue weighted by molar-refractivity contribution is -0.142. The van der Waals surface area contributed by atoms with Crippen LogP contribution in [-0.2, 0) is 22.4 Å². The summed E-state index contributed by atoms with van der Waals surface area (Å²) >= 11 is 0. The number of amides is 1. The van der Waals surface area contributed by atoms with E-state index in [1.54, 1.807) is 36.4 Å². The molecule has 0 heterocycles. The topological polar surface area (TPSA) is 131 Å². The zero-order valence-electron chi connectivity index (χ0n) is 18.4. The zero-order valence-corrected chi connectivity index (χ0v) is 19.3. The Morgan fingerprint density at radius 2 is 1.50 bits per heavy atom. The van der Waals surface area contributed by atoms with Gasteiger partial charge in [0.1, 0.15) is 12.2 Å². The summed E-state index contributed by atoms with van der Waals surface area (Å²) in [6.07, 6.45) is 0.285. The molecule has 1 amide bonds. The van der Waals surface area contributed by atoms with Crippen LogP contribution in [0.5, 0.6) is 0 Å². The van der Waals surface area contributed by atoms with E-state index in [0.717, 1.165) is 11.1 Å². The van der Waals surface area contributed by atoms with Crippen molar-refractivity contribution >= 4 is 25.0 Å². The number of carboxylic acid groups (broad SMARTS) is 1. The van der Waals surface area contributed by atoms with Gasteiger partial charge in [0.15, 0.2) is 0 Å². The number of hydrogen-bond acceptors (Lipinski definition) is 5. The first-order valence-electron chi connectivity index (χ1n) is 10.6. The van der Waals surface area contributed by atoms with Crippen molar-refractivity contribution in [1.29, 1.82) is 5.41 Å². The van der Waals surface area contributed by atoms with Crippen LogP contribution in [0, 0.1) is 17.2 Å². The lowest BCUT2D eigenvalue weighted by Gasteiger charge is -2.23. The van der Waals surface area contributed by atoms with Gasteiger partial charge in [-0.3, -0.25) is 10.2 Å². The van der Waals surface area contributed by atoms with Gasteiger partial charge in [0.25, 0.3) is 0 Å². The summed E-state index contributed by atoms with van der Waals surface area (Å²) in [6, 6.07) is 16.9. The molecular formula is C24H32N2O5P+. The molecule has 2 atom stereocenters. The van der Waals surface area contributed by atoms with Crippen LogP contribution in [0.3, 0.4) is 0 Å². The van der Waals surface area contributed by atoms with Crippen LogP contribution in [0.2, 0.25) is 0 Å². The van der Waals surface area contributed by atoms with Crippen LogP contribution in [0.1, 0.15) is 31.4 Å². The van der Waals surface area contributed by atoms with E-state index >= 15 is 0 Å². The van der Waals surface area contributed by atoms with Gasteiger partial charge in [0, 0.05) is 6.42 Å². The highest BCUT2D eigenvalue weighted by Gasteiger charge is 2.45. The van der Waals surface area contributed by atoms with Crippen molar-refractivity contribution in [3.63, 3.8) is 0 Å². The highest BCUT2D eigenvalue weighted by atomic mass is 31.2. The predicted molar refractivity (Wildman–Crippen MR) is 127 cm³/mol. The van der Waals surface area contributed by atoms with E-state index in [0.29, 0.717) is 6.42 Å². The number of carboxylic acids is 1. The quantitative estimate of drug-likeness (QED) is 0.245. The molecule has 8 heteroatoms. The van der Waals surface area contributed by atoms with Crippen LogP contribution in [0.4, 0.5) is 0 Å². The highest BCUT2D eigenvalue weighted by molar-refractivity contribution is 7.81. The minimum absolute atomic E-state index is 0.0754. The normalized spacial score (nSPS) is 13.4. The van der Waals surface area contributed by atoms with E-state index in [9.17, 15) is 24.5 Å². The Morgan fingerprint density at radius 1 is 0.969 bits per heavy atom. The average Bonchev–Trinajstić information content (AvgIpc) is 2.73. The maximum Gasteiger partial charge on any atom is 0.326 e. The second-order valence-electron chi connectivity index (χ2n) is 8.44. The molecule has 0 bridgehead atoms. The van der Waals surface area contributed by atoms with Crippen LogP contribution >= 0.6 is 7.72 Å². The van der Waals surface area contributed by atoms with Crippen molar-refractivity contribution in [1.82, 2.24) is 5.32 Å². The second kappa shape index (κ2) is 11.9. The van der Waals surface area contributed by atoms with Gasteiger partial charge in [-0.2, -0.15) is 0 Å². The monoisotopic (exact) mass is 459 g/mol. The van der Waals surface area contributed by atoms with Gasteiger partial charge in [-0.1, -0.05) is 74.5 Å². The molecule has 172 valence electrons. The molecule has 2 rings (SSSR count). The van der Waals surface area contributed by atoms with E-state index in [2.05, 4.69) is 5.32 Å². The van der Waals surface area contributed by atoms with Crippen LogP contribution in [0.25, 0.3) is 0 Å². The van der Waals surface area contributed by atoms with Gasteiger partial charge in [-0.05, 0) is 23.5 Å². The molecule has 1 unspecified atom stereocenters. The minimum Gasteiger partial charge on any atom is -0.480 e. The maximum absolute atomic E-state index is 13.0. The lowest BCUT2D eigenvalue weighted by Crippen LogP contribution is -2.46. The third kappa shape index (κ3) is 8.15. The molecule has 32 heavy (non-hydrogen) atoms. The van der Waals surface area contributed by atoms with Crippen LogP contribution < -0.4 is 5.32 Å². The molecule has 0 aliphatic heterocycles. The van der Waals surface area contributed by atoms with Gasteiger partial charge in [-0.25, -0.2) is 14.6 Å². The smallest absolute Gasteiger partial charge is 0.326 e. The molecule has 2 aromatic rings. The molecule has 0 aliphatic carbocycles. The number of aliphatic carboxylic acids is 1. The van der Waals surface area contributed by atoms with Crippen molar-refractivity contribution in [2.45, 2.75) is 39.2 Å². The molecule has 0 fully saturated rings. The summed E-state index contributed by atoms with van der Waals surface area (Å²) in [5.41, 5.74) is 1.35. The molecule has 0 spiro atoms. The number of nitrogens with one attached hydrogen (secondary N) is 2. The molecule has 0 saturated carbocycles. The molecule has 2 aromatic carbocycles. The van der Waals surface area contributed by atoms with Crippen molar-refractivity contribution < 1.29 is 24.5 Å². The Morgan fingerprint density at radius 3 is 2.00 bits per heavy atom. The average molecular weight is 460 g/mol. The molecule has 0 saturated heterocycles. The number of benzene rings is 2. The Labute approximate surface area is 189 Å². The SMILES string of the molecule is CC(C)CC(C[P+](O)(O)C(=N)Cc1ccccc1)C(=O)N[C@@H](Cc1ccccc1)C(=O)O. The molecule has 0 radical (unpaired) electrons. The van der Waals surface area contributed by atoms with Crippen LogP contribution in [-0.4, -0.2) is 44.4 Å². The first kappa shape index (κ1) is 25.7. The molecule has 0 aromatic heterocycles. The molecular weight excluding hydrogens is 427 g/mol. The Balaban J connectivity index is 2.11. The Kier molecular flexibility index (Phi) is 9.51. The van der Waals surface area contributed by atoms with E-state index in [4.69, 9.17) is 5.41 Å². The standard InChI is InChI=1S/C24H31N2O5P/c1-17(2)13-20(16-32(30,31)22(25)15-19-11-7-4-8-12-19)23(27)26-21(24(28)29)14-18-9-5-3-6-10-18/h3-12,17,20-21,25,30-31H,13-16H2,1-2H3,(H-,26,27,28,29)/p+1/t20?,21-/m0/s1. The van der Waals surface area contributed by atoms with Gasteiger partial charge in [0.05, 0.1) is 12.3 Å². The molecule has 7 nitrogen and oxygen atoms in total. The highest BCUT2D eigenvalue weighted by Crippen LogP contribution is 2.54. The van der Waals surface area contributed by atoms with Crippen molar-refractivity contribution in [3.05, 3.63) is 71.8 Å². The Hall–Kier alpha value is -2.60. The summed E-state index contributed by atoms with van der Waals surface area (Å²) in [6.45, 7) is 3.81. The number of rotatable bonds is 12. The van der Waals surface area contributed by atoms with E-state index in [1.165, 1.54) is 0 Å². The zero-order chi connectivity index (χ0) is 23.7. The maximum atomic E-state index is 13.0. The van der Waals surface area contributed by atoms with Gasteiger partial charge in [-0.15, -0.1) is 0 Å². The van der Waals surface area contributed by atoms with Crippen LogP contribution in [0.15, 0.2) is 60.7 Å². The number of hydrogen-bond donors (Lipinski definition) is 5. The summed E-state index contributed by atoms with van der Waals surface area (Å²) in [5, 5.41) is 20.4. The Bertz CT molecular complexity index is 903. The predicted octanol–water partition coefficient (Wildman–Crippen LogP) is 3.51. The summed E-state index contributed by atoms with van der Waals surface area (Å²) in [4.78, 5) is 46.1. The number of carbonyl (C=O) groups excluding carboxylic acids is 1. The summed E-state index contributed by atoms with van der Waals surface area (Å²) < 4.78 is 0. The lowest BCUT2D eigenvalue weighted by atomic mass is 9.97. The molecule has 5 N–H and O–H groups in total. The first-order valence-corrected chi connectivity index (χ1v) is 12.5. The third-order valence-electron chi connectivity index (χ3n) is 5.15. The second-order valence-corrected chi connectivity index (χ2v) is 10.8. The van der Waals surface area contributed by atoms with Gasteiger partial charge < -0.3 is 10.4 Å². The van der Waals surface area contributed by atoms with Crippen molar-refractivity contribution in [3.8, 4) is 0 Å². The fourth-order valence-electron chi connectivity index (χ4n) is 3.51. The number of carbonyl (C=O) groups is 2. The van der Waals surface area contributed by atoms with E-state index in [-0.39, 0.29) is 30.4 Å². The summed E-state index contributed by atoms with van der Waals surface area (Å²) in [7, 11) is -3.82. The van der Waals surface area contributed by atoms with E-state index in [1.807, 2.05) is 38.1 Å². The fraction of sp³-hybridized carbons (Fsp3) is 0.375. The molecule has 0 aliphatic rings. The third-order valence-corrected chi connectivity index (χ3v) is 7.12. The minimum atomic E-state index is -3.82. The summed E-state index contributed by atoms with van der Waals surface area (Å²) in [5.74, 6) is -2.43. The van der Waals surface area contributed by atoms with Crippen molar-refractivity contribution in [2.24, 2.45) is 11.8 Å². The van der Waals surface area contributed by atoms with E-state index < -0.39 is 31.6 Å². The largest absolute Gasteiger partial charge is 0.480 e.